The number of aromatic nitrogens is 7. The number of H-pyrrole nitrogens is 1. The van der Waals surface area contributed by atoms with Gasteiger partial charge in [0.1, 0.15) is 22.8 Å². The number of rotatable bonds is 7. The van der Waals surface area contributed by atoms with E-state index >= 15 is 0 Å². The summed E-state index contributed by atoms with van der Waals surface area (Å²) in [6, 6.07) is 12.7. The van der Waals surface area contributed by atoms with Crippen molar-refractivity contribution in [3.05, 3.63) is 108 Å². The summed E-state index contributed by atoms with van der Waals surface area (Å²) in [6.07, 6.45) is 3.35. The van der Waals surface area contributed by atoms with Gasteiger partial charge in [-0.2, -0.15) is 10.2 Å². The topological polar surface area (TPSA) is 226 Å². The van der Waals surface area contributed by atoms with Gasteiger partial charge in [0.15, 0.2) is 0 Å². The maximum absolute atomic E-state index is 13.5. The Morgan fingerprint density at radius 3 is 2.69 bits per heavy atom. The number of anilines is 2. The molecule has 0 fully saturated rings. The van der Waals surface area contributed by atoms with Crippen LogP contribution in [0.4, 0.5) is 11.4 Å². The van der Waals surface area contributed by atoms with Gasteiger partial charge in [0, 0.05) is 25.2 Å². The Hall–Kier alpha value is -6.45. The average Bonchev–Trinajstić information content (AvgIpc) is 3.86. The van der Waals surface area contributed by atoms with Crippen LogP contribution in [0.5, 0.6) is 5.88 Å². The molecular weight excluding hydrogens is 618 g/mol. The largest absolute Gasteiger partial charge is 0.492 e. The lowest BCUT2D eigenvalue weighted by molar-refractivity contribution is 0.0931. The molecule has 2 amide bonds. The van der Waals surface area contributed by atoms with Gasteiger partial charge >= 0.3 is 0 Å². The molecule has 0 saturated carbocycles. The lowest BCUT2D eigenvalue weighted by atomic mass is 9.96. The molecule has 0 spiro atoms. The van der Waals surface area contributed by atoms with Crippen molar-refractivity contribution >= 4 is 29.0 Å². The van der Waals surface area contributed by atoms with Crippen molar-refractivity contribution in [1.29, 1.82) is 0 Å². The van der Waals surface area contributed by atoms with Crippen LogP contribution in [0.2, 0.25) is 0 Å². The fourth-order valence-electron chi connectivity index (χ4n) is 6.56. The van der Waals surface area contributed by atoms with E-state index in [9.17, 15) is 24.3 Å². The smallest absolute Gasteiger partial charge is 0.270 e. The first-order valence-corrected chi connectivity index (χ1v) is 15.2. The quantitative estimate of drug-likeness (QED) is 0.151. The van der Waals surface area contributed by atoms with E-state index < -0.39 is 22.7 Å². The minimum absolute atomic E-state index is 0.00212. The number of hydrogen-bond acceptors (Lipinski definition) is 12. The molecule has 240 valence electrons. The second kappa shape index (κ2) is 11.1. The van der Waals surface area contributed by atoms with E-state index in [1.54, 1.807) is 0 Å². The highest BCUT2D eigenvalue weighted by molar-refractivity contribution is 5.98. The Labute approximate surface area is 270 Å². The first-order chi connectivity index (χ1) is 23.2. The van der Waals surface area contributed by atoms with Crippen LogP contribution in [0.1, 0.15) is 61.3 Å². The molecule has 8 rings (SSSR count). The van der Waals surface area contributed by atoms with Crippen LogP contribution in [-0.2, 0) is 25.9 Å². The van der Waals surface area contributed by atoms with Crippen molar-refractivity contribution < 1.29 is 14.7 Å². The summed E-state index contributed by atoms with van der Waals surface area (Å²) in [5.74, 6) is -0.870. The van der Waals surface area contributed by atoms with E-state index in [-0.39, 0.29) is 47.0 Å². The molecule has 2 aliphatic rings. The number of nitrogen functional groups attached to an aromatic ring is 1. The van der Waals surface area contributed by atoms with Gasteiger partial charge in [0.25, 0.3) is 22.7 Å². The van der Waals surface area contributed by atoms with Crippen molar-refractivity contribution in [1.82, 2.24) is 45.6 Å². The molecule has 16 heteroatoms. The first kappa shape index (κ1) is 29.0. The van der Waals surface area contributed by atoms with E-state index in [4.69, 9.17) is 5.73 Å². The summed E-state index contributed by atoms with van der Waals surface area (Å²) in [4.78, 5) is 60.8. The van der Waals surface area contributed by atoms with Gasteiger partial charge in [-0.25, -0.2) is 4.98 Å². The Kier molecular flexibility index (Phi) is 6.71. The van der Waals surface area contributed by atoms with Crippen molar-refractivity contribution in [2.24, 2.45) is 0 Å². The van der Waals surface area contributed by atoms with Gasteiger partial charge in [0.05, 0.1) is 12.2 Å². The summed E-state index contributed by atoms with van der Waals surface area (Å²) in [5, 5.41) is 30.1. The van der Waals surface area contributed by atoms with Crippen molar-refractivity contribution in [2.45, 2.75) is 38.4 Å². The maximum atomic E-state index is 13.5. The fraction of sp³-hybridized carbons (Fsp3) is 0.219. The second-order valence-electron chi connectivity index (χ2n) is 11.9. The number of imidazole rings is 1. The summed E-state index contributed by atoms with van der Waals surface area (Å²) in [7, 11) is 0. The maximum Gasteiger partial charge on any atom is 0.270 e. The molecule has 4 heterocycles. The number of carbonyl (C=O) groups is 2. The number of hydrogen-bond donors (Lipinski definition) is 5. The number of aromatic hydroxyl groups is 1. The number of aromatic amines is 1. The predicted molar refractivity (Wildman–Crippen MR) is 171 cm³/mol. The highest BCUT2D eigenvalue weighted by Gasteiger charge is 2.28. The molecule has 0 bridgehead atoms. The lowest BCUT2D eigenvalue weighted by Gasteiger charge is -2.32. The third-order valence-electron chi connectivity index (χ3n) is 9.00. The third-order valence-corrected chi connectivity index (χ3v) is 9.00. The number of aryl methyl sites for hydroxylation is 1. The first-order valence-electron chi connectivity index (χ1n) is 15.2. The molecule has 16 nitrogen and oxygen atoms in total. The van der Waals surface area contributed by atoms with Gasteiger partial charge in [-0.3, -0.25) is 23.6 Å². The summed E-state index contributed by atoms with van der Waals surface area (Å²) in [5.41, 5.74) is 10.6. The minimum Gasteiger partial charge on any atom is -0.492 e. The zero-order chi connectivity index (χ0) is 33.1. The van der Waals surface area contributed by atoms with Gasteiger partial charge in [-0.15, -0.1) is 10.2 Å². The Morgan fingerprint density at radius 1 is 1.00 bits per heavy atom. The van der Waals surface area contributed by atoms with Crippen LogP contribution in [0.25, 0.3) is 17.2 Å². The Bertz CT molecular complexity index is 2340. The number of nitrogens with one attached hydrogen (secondary N) is 3. The van der Waals surface area contributed by atoms with Gasteiger partial charge in [-0.05, 0) is 64.4 Å². The number of fused-ring (bicyclic) bond motifs is 3. The standard InChI is InChI=1S/C32H27N11O5/c33-25-26(28(46)27(25)45)42-8-7-16-2-1-15(9-19(16)13-42)12-34-31(48)23-11-22(36-32-37-24(44)14-43(23)32)30(47)35-21-6-4-17-10-18(3-5-20(17)21)29-38-40-41-39-29/h1-3,5,9-11,14,21,44H,4,6-8,12-13,33H2,(H,34,48)(H,35,47)(H,38,39,40,41)/t21-/m0/s1. The Morgan fingerprint density at radius 2 is 1.88 bits per heavy atom. The van der Waals surface area contributed by atoms with Crippen LogP contribution in [-0.4, -0.2) is 58.5 Å². The van der Waals surface area contributed by atoms with Crippen LogP contribution in [0, 0.1) is 0 Å². The molecule has 1 atom stereocenters. The van der Waals surface area contributed by atoms with E-state index in [0.29, 0.717) is 31.8 Å². The molecular formula is C32H27N11O5. The summed E-state index contributed by atoms with van der Waals surface area (Å²) in [6.45, 7) is 1.14. The fourth-order valence-corrected chi connectivity index (χ4v) is 6.56. The zero-order valence-electron chi connectivity index (χ0n) is 25.2. The summed E-state index contributed by atoms with van der Waals surface area (Å²) >= 11 is 0. The number of amides is 2. The van der Waals surface area contributed by atoms with Crippen molar-refractivity contribution in [2.75, 3.05) is 17.2 Å². The minimum atomic E-state index is -0.649. The molecule has 0 unspecified atom stereocenters. The van der Waals surface area contributed by atoms with E-state index in [0.717, 1.165) is 39.8 Å². The van der Waals surface area contributed by atoms with Gasteiger partial charge in [0.2, 0.25) is 17.5 Å². The second-order valence-corrected chi connectivity index (χ2v) is 11.9. The highest BCUT2D eigenvalue weighted by Crippen LogP contribution is 2.34. The SMILES string of the molecule is Nc1c(N2CCc3ccc(CNC(=O)c4cc(C(=O)N[C@H]5CCc6cc(-c7nn[nH]n7)ccc65)nc5nc(O)cn45)cc3C2)c(=O)c1=O. The average molecular weight is 646 g/mol. The molecule has 1 aliphatic heterocycles. The zero-order valence-corrected chi connectivity index (χ0v) is 25.2. The number of tetrazole rings is 1. The monoisotopic (exact) mass is 645 g/mol. The normalized spacial score (nSPS) is 15.4. The number of nitrogens with zero attached hydrogens (tertiary/aromatic N) is 7. The predicted octanol–water partition coefficient (Wildman–Crippen LogP) is 0.703. The third kappa shape index (κ3) is 4.90. The van der Waals surface area contributed by atoms with Crippen LogP contribution < -0.4 is 32.1 Å². The molecule has 0 saturated heterocycles. The molecule has 3 aromatic carbocycles. The van der Waals surface area contributed by atoms with Crippen molar-refractivity contribution in [3.63, 3.8) is 0 Å². The highest BCUT2D eigenvalue weighted by atomic mass is 16.3. The molecule has 3 aromatic heterocycles. The number of benzene rings is 2. The van der Waals surface area contributed by atoms with E-state index in [2.05, 4.69) is 41.2 Å². The molecule has 0 radical (unpaired) electrons. The van der Waals surface area contributed by atoms with E-state index in [1.807, 2.05) is 41.3 Å². The van der Waals surface area contributed by atoms with Crippen LogP contribution in [0.15, 0.2) is 58.3 Å². The van der Waals surface area contributed by atoms with Crippen LogP contribution >= 0.6 is 0 Å². The van der Waals surface area contributed by atoms with E-state index in [1.165, 1.54) is 16.7 Å². The number of nitrogens with two attached hydrogens (primary N) is 1. The van der Waals surface area contributed by atoms with Gasteiger partial charge in [-0.1, -0.05) is 30.3 Å². The van der Waals surface area contributed by atoms with Crippen LogP contribution in [0.3, 0.4) is 0 Å². The molecule has 1 aliphatic carbocycles. The molecule has 6 aromatic rings. The Balaban J connectivity index is 0.989. The van der Waals surface area contributed by atoms with Gasteiger partial charge < -0.3 is 26.4 Å². The molecule has 6 N–H and O–H groups in total. The summed E-state index contributed by atoms with van der Waals surface area (Å²) < 4.78 is 1.32. The molecule has 48 heavy (non-hydrogen) atoms. The number of carbonyl (C=O) groups excluding carboxylic acids is 2. The van der Waals surface area contributed by atoms with Crippen molar-refractivity contribution in [3.8, 4) is 17.3 Å². The lowest BCUT2D eigenvalue weighted by Crippen LogP contribution is -2.44.